The van der Waals surface area contributed by atoms with E-state index in [1.807, 2.05) is 6.07 Å². The number of carbonyl (C=O) groups excluding carboxylic acids is 1. The molecule has 0 amide bonds. The Bertz CT molecular complexity index is 501. The highest BCUT2D eigenvalue weighted by atomic mass is 16.5. The van der Waals surface area contributed by atoms with Gasteiger partial charge >= 0.3 is 5.97 Å². The molecule has 0 aliphatic carbocycles. The lowest BCUT2D eigenvalue weighted by Gasteiger charge is -1.97. The van der Waals surface area contributed by atoms with Gasteiger partial charge in [-0.3, -0.25) is 0 Å². The number of hydrogen-bond donors (Lipinski definition) is 0. The van der Waals surface area contributed by atoms with Crippen LogP contribution in [0.3, 0.4) is 0 Å². The van der Waals surface area contributed by atoms with Crippen LogP contribution in [0.4, 0.5) is 0 Å². The number of nitriles is 2. The first kappa shape index (κ1) is 11.5. The Balaban J connectivity index is 3.02. The molecule has 16 heavy (non-hydrogen) atoms. The minimum Gasteiger partial charge on any atom is -0.465 e. The van der Waals surface area contributed by atoms with Gasteiger partial charge in [-0.1, -0.05) is 12.1 Å². The van der Waals surface area contributed by atoms with Crippen molar-refractivity contribution in [1.29, 1.82) is 10.5 Å². The molecule has 0 bridgehead atoms. The number of benzene rings is 1. The highest BCUT2D eigenvalue weighted by molar-refractivity contribution is 5.97. The first-order valence-electron chi connectivity index (χ1n) is 4.41. The predicted molar refractivity (Wildman–Crippen MR) is 56.8 cm³/mol. The topological polar surface area (TPSA) is 73.9 Å². The van der Waals surface area contributed by atoms with Crippen LogP contribution in [0.5, 0.6) is 0 Å². The lowest BCUT2D eigenvalue weighted by Crippen LogP contribution is -2.02. The molecule has 1 aromatic carbocycles. The third kappa shape index (κ3) is 2.70. The molecule has 0 saturated heterocycles. The molecule has 0 unspecified atom stereocenters. The van der Waals surface area contributed by atoms with Crippen molar-refractivity contribution in [1.82, 2.24) is 0 Å². The number of carbonyl (C=O) groups is 1. The fraction of sp³-hybridized carbons (Fsp3) is 0.0833. The number of rotatable bonds is 2. The summed E-state index contributed by atoms with van der Waals surface area (Å²) in [5.41, 5.74) is 1.11. The quantitative estimate of drug-likeness (QED) is 0.424. The van der Waals surface area contributed by atoms with Gasteiger partial charge in [-0.2, -0.15) is 10.5 Å². The molecule has 4 heteroatoms. The molecule has 0 heterocycles. The largest absolute Gasteiger partial charge is 0.465 e. The van der Waals surface area contributed by atoms with E-state index in [1.165, 1.54) is 13.2 Å². The summed E-state index contributed by atoms with van der Waals surface area (Å²) in [6, 6.07) is 10.3. The van der Waals surface area contributed by atoms with Crippen molar-refractivity contribution in [2.45, 2.75) is 0 Å². The third-order valence-corrected chi connectivity index (χ3v) is 1.88. The normalized spacial score (nSPS) is 10.1. The SMILES string of the molecule is COC(=O)C(C#N)=Cc1ccc(C#N)cc1. The maximum Gasteiger partial charge on any atom is 0.348 e. The second-order valence-corrected chi connectivity index (χ2v) is 2.90. The van der Waals surface area contributed by atoms with E-state index in [0.717, 1.165) is 0 Å². The summed E-state index contributed by atoms with van der Waals surface area (Å²) in [4.78, 5) is 11.1. The average Bonchev–Trinajstić information content (AvgIpc) is 2.35. The molecule has 0 atom stereocenters. The predicted octanol–water partition coefficient (Wildman–Crippen LogP) is 1.64. The van der Waals surface area contributed by atoms with E-state index in [2.05, 4.69) is 4.74 Å². The molecule has 0 fully saturated rings. The van der Waals surface area contributed by atoms with Crippen LogP contribution in [0.25, 0.3) is 6.08 Å². The van der Waals surface area contributed by atoms with Crippen molar-refractivity contribution in [3.63, 3.8) is 0 Å². The van der Waals surface area contributed by atoms with E-state index in [4.69, 9.17) is 10.5 Å². The van der Waals surface area contributed by atoms with Crippen molar-refractivity contribution in [2.24, 2.45) is 0 Å². The number of methoxy groups -OCH3 is 1. The third-order valence-electron chi connectivity index (χ3n) is 1.88. The van der Waals surface area contributed by atoms with Crippen LogP contribution in [-0.2, 0) is 9.53 Å². The van der Waals surface area contributed by atoms with Crippen molar-refractivity contribution in [3.05, 3.63) is 41.0 Å². The van der Waals surface area contributed by atoms with Crippen molar-refractivity contribution in [3.8, 4) is 12.1 Å². The van der Waals surface area contributed by atoms with Gasteiger partial charge < -0.3 is 4.74 Å². The molecule has 0 aliphatic heterocycles. The van der Waals surface area contributed by atoms with E-state index in [9.17, 15) is 4.79 Å². The first-order valence-corrected chi connectivity index (χ1v) is 4.41. The minimum absolute atomic E-state index is 0.0767. The summed E-state index contributed by atoms with van der Waals surface area (Å²) < 4.78 is 4.44. The van der Waals surface area contributed by atoms with E-state index in [1.54, 1.807) is 30.3 Å². The molecule has 1 rings (SSSR count). The Labute approximate surface area is 93.0 Å². The van der Waals surface area contributed by atoms with E-state index in [-0.39, 0.29) is 5.57 Å². The molecule has 0 aromatic heterocycles. The second kappa shape index (κ2) is 5.33. The van der Waals surface area contributed by atoms with Crippen LogP contribution in [0, 0.1) is 22.7 Å². The van der Waals surface area contributed by atoms with Gasteiger partial charge in [-0.05, 0) is 23.8 Å². The maximum absolute atomic E-state index is 11.1. The Morgan fingerprint density at radius 1 is 1.31 bits per heavy atom. The van der Waals surface area contributed by atoms with E-state index >= 15 is 0 Å². The zero-order valence-electron chi connectivity index (χ0n) is 8.60. The van der Waals surface area contributed by atoms with Crippen LogP contribution in [-0.4, -0.2) is 13.1 Å². The summed E-state index contributed by atoms with van der Waals surface area (Å²) in [5.74, 6) is -0.674. The Morgan fingerprint density at radius 3 is 2.38 bits per heavy atom. The number of esters is 1. The Morgan fingerprint density at radius 2 is 1.94 bits per heavy atom. The maximum atomic E-state index is 11.1. The van der Waals surface area contributed by atoms with Gasteiger partial charge in [-0.25, -0.2) is 4.79 Å². The first-order chi connectivity index (χ1) is 7.71. The summed E-state index contributed by atoms with van der Waals surface area (Å²) >= 11 is 0. The molecule has 0 aliphatic rings. The summed E-state index contributed by atoms with van der Waals surface area (Å²) in [6.07, 6.45) is 1.41. The number of nitrogens with zero attached hydrogens (tertiary/aromatic N) is 2. The molecule has 0 N–H and O–H groups in total. The van der Waals surface area contributed by atoms with Crippen molar-refractivity contribution in [2.75, 3.05) is 7.11 Å². The van der Waals surface area contributed by atoms with Gasteiger partial charge in [0.05, 0.1) is 18.7 Å². The molecule has 1 aromatic rings. The summed E-state index contributed by atoms with van der Waals surface area (Å²) in [6.45, 7) is 0. The summed E-state index contributed by atoms with van der Waals surface area (Å²) in [5, 5.41) is 17.3. The monoisotopic (exact) mass is 212 g/mol. The van der Waals surface area contributed by atoms with Crippen molar-refractivity contribution < 1.29 is 9.53 Å². The van der Waals surface area contributed by atoms with Crippen LogP contribution in [0.2, 0.25) is 0 Å². The highest BCUT2D eigenvalue weighted by Crippen LogP contribution is 2.09. The smallest absolute Gasteiger partial charge is 0.348 e. The fourth-order valence-electron chi connectivity index (χ4n) is 1.07. The van der Waals surface area contributed by atoms with Crippen LogP contribution >= 0.6 is 0 Å². The standard InChI is InChI=1S/C12H8N2O2/c1-16-12(15)11(8-14)6-9-2-4-10(7-13)5-3-9/h2-6H,1H3. The zero-order valence-corrected chi connectivity index (χ0v) is 8.60. The molecule has 0 radical (unpaired) electrons. The number of ether oxygens (including phenoxy) is 1. The van der Waals surface area contributed by atoms with Gasteiger partial charge in [0.2, 0.25) is 0 Å². The van der Waals surface area contributed by atoms with Gasteiger partial charge in [0.1, 0.15) is 11.6 Å². The molecule has 78 valence electrons. The average molecular weight is 212 g/mol. The second-order valence-electron chi connectivity index (χ2n) is 2.90. The van der Waals surface area contributed by atoms with Gasteiger partial charge in [0, 0.05) is 0 Å². The highest BCUT2D eigenvalue weighted by Gasteiger charge is 2.07. The lowest BCUT2D eigenvalue weighted by molar-refractivity contribution is -0.135. The Kier molecular flexibility index (Phi) is 3.83. The molecule has 0 spiro atoms. The number of hydrogen-bond acceptors (Lipinski definition) is 4. The van der Waals surface area contributed by atoms with Gasteiger partial charge in [0.15, 0.2) is 0 Å². The van der Waals surface area contributed by atoms with Crippen LogP contribution in [0.1, 0.15) is 11.1 Å². The lowest BCUT2D eigenvalue weighted by atomic mass is 10.1. The zero-order chi connectivity index (χ0) is 12.0. The van der Waals surface area contributed by atoms with E-state index in [0.29, 0.717) is 11.1 Å². The minimum atomic E-state index is -0.674. The molecule has 0 saturated carbocycles. The van der Waals surface area contributed by atoms with Gasteiger partial charge in [0.25, 0.3) is 0 Å². The molecular weight excluding hydrogens is 204 g/mol. The van der Waals surface area contributed by atoms with E-state index < -0.39 is 5.97 Å². The summed E-state index contributed by atoms with van der Waals surface area (Å²) in [7, 11) is 1.21. The van der Waals surface area contributed by atoms with Crippen LogP contribution in [0.15, 0.2) is 29.8 Å². The fourth-order valence-corrected chi connectivity index (χ4v) is 1.07. The molecular formula is C12H8N2O2. The van der Waals surface area contributed by atoms with Gasteiger partial charge in [-0.15, -0.1) is 0 Å². The molecule has 4 nitrogen and oxygen atoms in total. The van der Waals surface area contributed by atoms with Crippen molar-refractivity contribution >= 4 is 12.0 Å². The Hall–Kier alpha value is -2.59. The van der Waals surface area contributed by atoms with Crippen LogP contribution < -0.4 is 0 Å².